The lowest BCUT2D eigenvalue weighted by Gasteiger charge is -2.30. The largest absolute Gasteiger partial charge is 0.493 e. The molecule has 1 heterocycles. The van der Waals surface area contributed by atoms with E-state index in [-0.39, 0.29) is 6.61 Å². The van der Waals surface area contributed by atoms with Crippen LogP contribution in [-0.2, 0) is 19.4 Å². The van der Waals surface area contributed by atoms with Gasteiger partial charge in [-0.3, -0.25) is 4.90 Å². The minimum Gasteiger partial charge on any atom is -0.493 e. The number of methoxy groups -OCH3 is 1. The van der Waals surface area contributed by atoms with Crippen molar-refractivity contribution in [2.24, 2.45) is 0 Å². The van der Waals surface area contributed by atoms with Crippen molar-refractivity contribution in [2.75, 3.05) is 26.8 Å². The minimum atomic E-state index is -0.544. The summed E-state index contributed by atoms with van der Waals surface area (Å²) < 4.78 is 11.2. The number of ether oxygens (including phenoxy) is 2. The zero-order valence-corrected chi connectivity index (χ0v) is 15.4. The van der Waals surface area contributed by atoms with Crippen LogP contribution in [0.25, 0.3) is 0 Å². The topological polar surface area (TPSA) is 41.9 Å². The molecule has 0 fully saturated rings. The maximum Gasteiger partial charge on any atom is 0.161 e. The van der Waals surface area contributed by atoms with E-state index < -0.39 is 6.10 Å². The van der Waals surface area contributed by atoms with E-state index in [4.69, 9.17) is 9.47 Å². The van der Waals surface area contributed by atoms with Crippen molar-refractivity contribution in [3.63, 3.8) is 0 Å². The first-order valence-electron chi connectivity index (χ1n) is 9.07. The summed E-state index contributed by atoms with van der Waals surface area (Å²) in [6.45, 7) is 6.45. The Morgan fingerprint density at radius 1 is 1.19 bits per heavy atom. The molecule has 0 saturated carbocycles. The highest BCUT2D eigenvalue weighted by atomic mass is 16.5. The van der Waals surface area contributed by atoms with Crippen LogP contribution in [0.15, 0.2) is 55.1 Å². The molecule has 1 atom stereocenters. The third kappa shape index (κ3) is 4.65. The Hall–Kier alpha value is -2.30. The van der Waals surface area contributed by atoms with Gasteiger partial charge in [-0.15, -0.1) is 6.58 Å². The molecule has 4 heteroatoms. The van der Waals surface area contributed by atoms with E-state index in [1.807, 2.05) is 24.3 Å². The van der Waals surface area contributed by atoms with Crippen molar-refractivity contribution in [2.45, 2.75) is 25.5 Å². The van der Waals surface area contributed by atoms with Crippen LogP contribution in [0, 0.1) is 0 Å². The van der Waals surface area contributed by atoms with Crippen LogP contribution in [0.5, 0.6) is 11.5 Å². The van der Waals surface area contributed by atoms with Crippen molar-refractivity contribution in [3.05, 3.63) is 71.8 Å². The molecule has 1 aliphatic rings. The molecule has 138 valence electrons. The molecule has 26 heavy (non-hydrogen) atoms. The number of aliphatic hydroxyl groups is 1. The Kier molecular flexibility index (Phi) is 6.31. The van der Waals surface area contributed by atoms with Crippen molar-refractivity contribution in [3.8, 4) is 11.5 Å². The maximum atomic E-state index is 10.4. The van der Waals surface area contributed by atoms with Gasteiger partial charge in [0.2, 0.25) is 0 Å². The van der Waals surface area contributed by atoms with E-state index >= 15 is 0 Å². The fourth-order valence-corrected chi connectivity index (χ4v) is 3.37. The van der Waals surface area contributed by atoms with Gasteiger partial charge >= 0.3 is 0 Å². The molecule has 0 aromatic heterocycles. The van der Waals surface area contributed by atoms with Gasteiger partial charge in [-0.2, -0.15) is 0 Å². The molecule has 0 aliphatic carbocycles. The Morgan fingerprint density at radius 3 is 2.77 bits per heavy atom. The zero-order chi connectivity index (χ0) is 18.4. The Balaban J connectivity index is 1.53. The standard InChI is InChI=1S/C22H27NO3/c1-3-6-17-9-10-21(22(13-17)25-2)26-16-20(24)15-23-12-11-18-7-4-5-8-19(18)14-23/h3-5,7-10,13,20,24H,1,6,11-12,14-16H2,2H3/t20-/m1/s1. The molecule has 0 spiro atoms. The van der Waals surface area contributed by atoms with E-state index in [0.717, 1.165) is 31.5 Å². The van der Waals surface area contributed by atoms with Crippen LogP contribution in [0.1, 0.15) is 16.7 Å². The molecule has 2 aromatic rings. The lowest BCUT2D eigenvalue weighted by atomic mass is 10.00. The van der Waals surface area contributed by atoms with Gasteiger partial charge in [0.15, 0.2) is 11.5 Å². The van der Waals surface area contributed by atoms with Gasteiger partial charge in [0.05, 0.1) is 7.11 Å². The van der Waals surface area contributed by atoms with E-state index in [1.54, 1.807) is 7.11 Å². The Labute approximate surface area is 155 Å². The van der Waals surface area contributed by atoms with Gasteiger partial charge in [0, 0.05) is 19.6 Å². The number of nitrogens with zero attached hydrogens (tertiary/aromatic N) is 1. The smallest absolute Gasteiger partial charge is 0.161 e. The summed E-state index contributed by atoms with van der Waals surface area (Å²) in [7, 11) is 1.63. The van der Waals surface area contributed by atoms with Crippen molar-refractivity contribution >= 4 is 0 Å². The lowest BCUT2D eigenvalue weighted by molar-refractivity contribution is 0.0628. The lowest BCUT2D eigenvalue weighted by Crippen LogP contribution is -2.38. The second-order valence-corrected chi connectivity index (χ2v) is 6.70. The number of fused-ring (bicyclic) bond motifs is 1. The van der Waals surface area contributed by atoms with E-state index in [1.165, 1.54) is 11.1 Å². The van der Waals surface area contributed by atoms with Crippen LogP contribution in [0.4, 0.5) is 0 Å². The van der Waals surface area contributed by atoms with Gasteiger partial charge in [0.25, 0.3) is 0 Å². The van der Waals surface area contributed by atoms with Crippen LogP contribution < -0.4 is 9.47 Å². The summed E-state index contributed by atoms with van der Waals surface area (Å²) in [5.74, 6) is 1.34. The van der Waals surface area contributed by atoms with Crippen molar-refractivity contribution < 1.29 is 14.6 Å². The van der Waals surface area contributed by atoms with Crippen LogP contribution in [0.2, 0.25) is 0 Å². The minimum absolute atomic E-state index is 0.245. The molecule has 4 nitrogen and oxygen atoms in total. The van der Waals surface area contributed by atoms with Gasteiger partial charge in [-0.05, 0) is 41.7 Å². The third-order valence-electron chi connectivity index (χ3n) is 4.72. The number of rotatable bonds is 8. The monoisotopic (exact) mass is 353 g/mol. The first-order valence-corrected chi connectivity index (χ1v) is 9.07. The molecule has 0 saturated heterocycles. The first kappa shape index (κ1) is 18.5. The molecular weight excluding hydrogens is 326 g/mol. The number of aliphatic hydroxyl groups excluding tert-OH is 1. The van der Waals surface area contributed by atoms with Crippen LogP contribution in [-0.4, -0.2) is 42.9 Å². The fraction of sp³-hybridized carbons (Fsp3) is 0.364. The molecule has 2 aromatic carbocycles. The maximum absolute atomic E-state index is 10.4. The number of hydrogen-bond acceptors (Lipinski definition) is 4. The second-order valence-electron chi connectivity index (χ2n) is 6.70. The zero-order valence-electron chi connectivity index (χ0n) is 15.4. The molecule has 1 aliphatic heterocycles. The average Bonchev–Trinajstić information content (AvgIpc) is 2.67. The molecule has 0 unspecified atom stereocenters. The number of benzene rings is 2. The summed E-state index contributed by atoms with van der Waals surface area (Å²) in [6.07, 6.45) is 3.13. The average molecular weight is 353 g/mol. The molecule has 1 N–H and O–H groups in total. The third-order valence-corrected chi connectivity index (χ3v) is 4.72. The Morgan fingerprint density at radius 2 is 2.00 bits per heavy atom. The van der Waals surface area contributed by atoms with E-state index in [9.17, 15) is 5.11 Å². The number of hydrogen-bond donors (Lipinski definition) is 1. The van der Waals surface area contributed by atoms with E-state index in [0.29, 0.717) is 18.0 Å². The predicted octanol–water partition coefficient (Wildman–Crippen LogP) is 3.22. The van der Waals surface area contributed by atoms with Crippen LogP contribution in [0.3, 0.4) is 0 Å². The van der Waals surface area contributed by atoms with Crippen molar-refractivity contribution in [1.82, 2.24) is 4.90 Å². The van der Waals surface area contributed by atoms with Gasteiger partial charge in [-0.1, -0.05) is 36.4 Å². The highest BCUT2D eigenvalue weighted by Gasteiger charge is 2.19. The summed E-state index contributed by atoms with van der Waals surface area (Å²) >= 11 is 0. The van der Waals surface area contributed by atoms with E-state index in [2.05, 4.69) is 35.7 Å². The molecule has 3 rings (SSSR count). The number of β-amino-alcohol motifs (C(OH)–C–C–N with tert-alkyl or cyclic N) is 1. The summed E-state index contributed by atoms with van der Waals surface area (Å²) in [4.78, 5) is 2.28. The van der Waals surface area contributed by atoms with Gasteiger partial charge in [-0.25, -0.2) is 0 Å². The van der Waals surface area contributed by atoms with Gasteiger partial charge in [0.1, 0.15) is 12.7 Å². The van der Waals surface area contributed by atoms with Gasteiger partial charge < -0.3 is 14.6 Å². The first-order chi connectivity index (χ1) is 12.7. The number of allylic oxidation sites excluding steroid dienone is 1. The molecule has 0 bridgehead atoms. The summed E-state index contributed by atoms with van der Waals surface area (Å²) in [6, 6.07) is 14.4. The van der Waals surface area contributed by atoms with Crippen molar-refractivity contribution in [1.29, 1.82) is 0 Å². The van der Waals surface area contributed by atoms with Crippen LogP contribution >= 0.6 is 0 Å². The molecular formula is C22H27NO3. The normalized spacial score (nSPS) is 15.2. The molecule has 0 radical (unpaired) electrons. The molecule has 0 amide bonds. The second kappa shape index (κ2) is 8.88. The predicted molar refractivity (Wildman–Crippen MR) is 104 cm³/mol. The Bertz CT molecular complexity index is 744. The highest BCUT2D eigenvalue weighted by Crippen LogP contribution is 2.28. The fourth-order valence-electron chi connectivity index (χ4n) is 3.37. The quantitative estimate of drug-likeness (QED) is 0.740. The summed E-state index contributed by atoms with van der Waals surface area (Å²) in [5, 5.41) is 10.4. The SMILES string of the molecule is C=CCc1ccc(OC[C@H](O)CN2CCc3ccccc3C2)c(OC)c1. The summed E-state index contributed by atoms with van der Waals surface area (Å²) in [5.41, 5.74) is 3.89. The highest BCUT2D eigenvalue weighted by molar-refractivity contribution is 5.43.